The molecule has 6 nitrogen and oxygen atoms in total. The van der Waals surface area contributed by atoms with Crippen LogP contribution in [0.2, 0.25) is 0 Å². The van der Waals surface area contributed by atoms with Crippen LogP contribution < -0.4 is 5.73 Å². The maximum absolute atomic E-state index is 11.7. The fourth-order valence-corrected chi connectivity index (χ4v) is 1.59. The van der Waals surface area contributed by atoms with Crippen LogP contribution in [0.15, 0.2) is 24.3 Å². The number of nitrogen functional groups attached to an aromatic ring is 1. The average Bonchev–Trinajstić information content (AvgIpc) is 2.40. The number of carbonyl (C=O) groups excluding carboxylic acids is 1. The summed E-state index contributed by atoms with van der Waals surface area (Å²) in [4.78, 5) is 13.5. The number of rotatable bonds is 8. The summed E-state index contributed by atoms with van der Waals surface area (Å²) in [6.45, 7) is 1.59. The summed E-state index contributed by atoms with van der Waals surface area (Å²) in [6, 6.07) is 6.49. The molecule has 0 atom stereocenters. The molecule has 106 valence electrons. The van der Waals surface area contributed by atoms with E-state index >= 15 is 0 Å². The first-order valence-electron chi connectivity index (χ1n) is 6.14. The summed E-state index contributed by atoms with van der Waals surface area (Å²) in [5.74, 6) is -0.409. The minimum Gasteiger partial charge on any atom is -0.461 e. The molecule has 0 bridgehead atoms. The zero-order valence-corrected chi connectivity index (χ0v) is 10.8. The Labute approximate surface area is 112 Å². The number of ether oxygens (including phenoxy) is 1. The molecular weight excluding hydrogens is 248 g/mol. The molecule has 0 radical (unpaired) electrons. The molecule has 1 rings (SSSR count). The fraction of sp³-hybridized carbons (Fsp3) is 0.462. The van der Waals surface area contributed by atoms with Crippen LogP contribution in [-0.4, -0.2) is 60.5 Å². The van der Waals surface area contributed by atoms with E-state index in [9.17, 15) is 4.79 Å². The van der Waals surface area contributed by atoms with Gasteiger partial charge in [-0.05, 0) is 24.3 Å². The van der Waals surface area contributed by atoms with Crippen LogP contribution in [0.4, 0.5) is 5.69 Å². The summed E-state index contributed by atoms with van der Waals surface area (Å²) >= 11 is 0. The van der Waals surface area contributed by atoms with Gasteiger partial charge in [0, 0.05) is 25.3 Å². The lowest BCUT2D eigenvalue weighted by Crippen LogP contribution is -2.33. The Kier molecular flexibility index (Phi) is 6.88. The normalized spacial score (nSPS) is 10.7. The van der Waals surface area contributed by atoms with Gasteiger partial charge in [-0.3, -0.25) is 4.90 Å². The van der Waals surface area contributed by atoms with Gasteiger partial charge >= 0.3 is 5.97 Å². The van der Waals surface area contributed by atoms with Crippen molar-refractivity contribution in [1.29, 1.82) is 0 Å². The molecule has 0 saturated carbocycles. The molecule has 0 unspecified atom stereocenters. The number of hydrogen-bond acceptors (Lipinski definition) is 6. The Morgan fingerprint density at radius 3 is 2.21 bits per heavy atom. The Hall–Kier alpha value is -1.63. The van der Waals surface area contributed by atoms with E-state index in [0.29, 0.717) is 30.9 Å². The van der Waals surface area contributed by atoms with Crippen molar-refractivity contribution in [3.63, 3.8) is 0 Å². The first-order valence-corrected chi connectivity index (χ1v) is 6.14. The van der Waals surface area contributed by atoms with Crippen LogP contribution in [0.5, 0.6) is 0 Å². The number of aliphatic hydroxyl groups excluding tert-OH is 2. The van der Waals surface area contributed by atoms with Gasteiger partial charge in [0.2, 0.25) is 0 Å². The number of hydrogen-bond donors (Lipinski definition) is 3. The molecule has 1 aromatic carbocycles. The van der Waals surface area contributed by atoms with Crippen LogP contribution in [0.1, 0.15) is 10.4 Å². The summed E-state index contributed by atoms with van der Waals surface area (Å²) in [5, 5.41) is 17.7. The van der Waals surface area contributed by atoms with Crippen LogP contribution in [0.25, 0.3) is 0 Å². The van der Waals surface area contributed by atoms with E-state index in [1.165, 1.54) is 0 Å². The second kappa shape index (κ2) is 8.47. The monoisotopic (exact) mass is 268 g/mol. The van der Waals surface area contributed by atoms with Crippen molar-refractivity contribution in [2.45, 2.75) is 0 Å². The molecule has 0 amide bonds. The lowest BCUT2D eigenvalue weighted by atomic mass is 10.2. The smallest absolute Gasteiger partial charge is 0.338 e. The third kappa shape index (κ3) is 5.69. The standard InChI is InChI=1S/C13H20N2O4/c14-12-3-1-11(2-4-12)13(18)19-10-7-15(5-8-16)6-9-17/h1-4,16-17H,5-10,14H2. The maximum Gasteiger partial charge on any atom is 0.338 e. The number of nitrogens with two attached hydrogens (primary N) is 1. The van der Waals surface area contributed by atoms with Gasteiger partial charge in [0.1, 0.15) is 6.61 Å². The topological polar surface area (TPSA) is 96.0 Å². The van der Waals surface area contributed by atoms with E-state index in [0.717, 1.165) is 0 Å². The highest BCUT2D eigenvalue weighted by atomic mass is 16.5. The van der Waals surface area contributed by atoms with Crippen LogP contribution >= 0.6 is 0 Å². The Morgan fingerprint density at radius 1 is 1.11 bits per heavy atom. The van der Waals surface area contributed by atoms with Gasteiger partial charge in [0.05, 0.1) is 18.8 Å². The van der Waals surface area contributed by atoms with Gasteiger partial charge in [-0.2, -0.15) is 0 Å². The number of nitrogens with zero attached hydrogens (tertiary/aromatic N) is 1. The lowest BCUT2D eigenvalue weighted by molar-refractivity contribution is 0.0443. The van der Waals surface area contributed by atoms with Crippen LogP contribution in [-0.2, 0) is 4.74 Å². The molecule has 19 heavy (non-hydrogen) atoms. The third-order valence-corrected chi connectivity index (χ3v) is 2.62. The average molecular weight is 268 g/mol. The number of carbonyl (C=O) groups is 1. The summed E-state index contributed by atoms with van der Waals surface area (Å²) < 4.78 is 5.11. The minimum atomic E-state index is -0.409. The quantitative estimate of drug-likeness (QED) is 0.443. The van der Waals surface area contributed by atoms with E-state index in [4.69, 9.17) is 20.7 Å². The highest BCUT2D eigenvalue weighted by Gasteiger charge is 2.08. The zero-order valence-electron chi connectivity index (χ0n) is 10.8. The third-order valence-electron chi connectivity index (χ3n) is 2.62. The predicted molar refractivity (Wildman–Crippen MR) is 71.7 cm³/mol. The van der Waals surface area contributed by atoms with Crippen LogP contribution in [0.3, 0.4) is 0 Å². The Morgan fingerprint density at radius 2 is 1.68 bits per heavy atom. The van der Waals surface area contributed by atoms with Crippen molar-refractivity contribution in [2.24, 2.45) is 0 Å². The molecule has 6 heteroatoms. The highest BCUT2D eigenvalue weighted by Crippen LogP contribution is 2.06. The minimum absolute atomic E-state index is 0.00586. The Bertz CT molecular complexity index is 375. The first kappa shape index (κ1) is 15.4. The van der Waals surface area contributed by atoms with Crippen molar-refractivity contribution in [3.8, 4) is 0 Å². The van der Waals surface area contributed by atoms with Gasteiger partial charge < -0.3 is 20.7 Å². The van der Waals surface area contributed by atoms with Crippen LogP contribution in [0, 0.1) is 0 Å². The Balaban J connectivity index is 2.35. The highest BCUT2D eigenvalue weighted by molar-refractivity contribution is 5.89. The molecule has 1 aromatic rings. The van der Waals surface area contributed by atoms with Crippen molar-refractivity contribution >= 4 is 11.7 Å². The second-order valence-corrected chi connectivity index (χ2v) is 4.05. The summed E-state index contributed by atoms with van der Waals surface area (Å²) in [7, 11) is 0. The van der Waals surface area contributed by atoms with Crippen molar-refractivity contribution in [2.75, 3.05) is 45.2 Å². The lowest BCUT2D eigenvalue weighted by Gasteiger charge is -2.19. The van der Waals surface area contributed by atoms with E-state index in [1.807, 2.05) is 4.90 Å². The van der Waals surface area contributed by atoms with Gasteiger partial charge in [-0.1, -0.05) is 0 Å². The van der Waals surface area contributed by atoms with E-state index in [2.05, 4.69) is 0 Å². The summed E-state index contributed by atoms with van der Waals surface area (Å²) in [6.07, 6.45) is 0. The molecule has 0 spiro atoms. The number of aliphatic hydroxyl groups is 2. The van der Waals surface area contributed by atoms with E-state index in [1.54, 1.807) is 24.3 Å². The fourth-order valence-electron chi connectivity index (χ4n) is 1.59. The van der Waals surface area contributed by atoms with Gasteiger partial charge in [0.15, 0.2) is 0 Å². The second-order valence-electron chi connectivity index (χ2n) is 4.05. The molecule has 4 N–H and O–H groups in total. The molecule has 0 fully saturated rings. The predicted octanol–water partition coefficient (Wildman–Crippen LogP) is -0.288. The zero-order chi connectivity index (χ0) is 14.1. The van der Waals surface area contributed by atoms with Gasteiger partial charge in [-0.15, -0.1) is 0 Å². The SMILES string of the molecule is Nc1ccc(C(=O)OCCN(CCO)CCO)cc1. The van der Waals surface area contributed by atoms with E-state index in [-0.39, 0.29) is 19.8 Å². The molecule has 0 aliphatic carbocycles. The van der Waals surface area contributed by atoms with E-state index < -0.39 is 5.97 Å². The van der Waals surface area contributed by atoms with Crippen molar-refractivity contribution in [1.82, 2.24) is 4.90 Å². The molecule has 0 heterocycles. The van der Waals surface area contributed by atoms with Crippen molar-refractivity contribution in [3.05, 3.63) is 29.8 Å². The molecule has 0 saturated heterocycles. The number of anilines is 1. The number of benzene rings is 1. The maximum atomic E-state index is 11.7. The molecule has 0 aliphatic heterocycles. The first-order chi connectivity index (χ1) is 9.17. The van der Waals surface area contributed by atoms with Gasteiger partial charge in [0.25, 0.3) is 0 Å². The molecular formula is C13H20N2O4. The molecule has 0 aliphatic rings. The van der Waals surface area contributed by atoms with Gasteiger partial charge in [-0.25, -0.2) is 4.79 Å². The van der Waals surface area contributed by atoms with Crippen molar-refractivity contribution < 1.29 is 19.7 Å². The summed E-state index contributed by atoms with van der Waals surface area (Å²) in [5.41, 5.74) is 6.57. The molecule has 0 aromatic heterocycles. The largest absolute Gasteiger partial charge is 0.461 e. The number of esters is 1.